The van der Waals surface area contributed by atoms with Gasteiger partial charge in [-0.3, -0.25) is 9.59 Å². The smallest absolute Gasteiger partial charge is 0.323 e. The number of ether oxygens (including phenoxy) is 3. The maximum atomic E-state index is 12.7. The number of nitrogens with two attached hydrogens (primary N) is 5. The largest absolute Gasteiger partial charge is 0.490 e. The van der Waals surface area contributed by atoms with Crippen LogP contribution in [-0.2, 0) is 24.8 Å². The van der Waals surface area contributed by atoms with E-state index in [0.29, 0.717) is 83.0 Å². The first kappa shape index (κ1) is 40.6. The molecule has 4 aromatic rings. The van der Waals surface area contributed by atoms with E-state index in [1.54, 1.807) is 48.5 Å². The number of nitriles is 2. The van der Waals surface area contributed by atoms with Crippen LogP contribution in [0.4, 0.5) is 5.82 Å². The second kappa shape index (κ2) is 20.1. The minimum Gasteiger partial charge on any atom is -0.490 e. The van der Waals surface area contributed by atoms with Crippen molar-refractivity contribution >= 4 is 41.1 Å². The summed E-state index contributed by atoms with van der Waals surface area (Å²) in [6.45, 7) is 0.204. The fraction of sp³-hybridized carbons (Fsp3) is 0.333. The Morgan fingerprint density at radius 1 is 0.868 bits per heavy atom. The highest BCUT2D eigenvalue weighted by molar-refractivity contribution is 7.98. The number of carbonyl (C=O) groups is 2. The van der Waals surface area contributed by atoms with Crippen molar-refractivity contribution in [1.82, 2.24) is 9.97 Å². The highest BCUT2D eigenvalue weighted by Gasteiger charge is 2.25. The summed E-state index contributed by atoms with van der Waals surface area (Å²) in [6, 6.07) is 16.0. The Balaban J connectivity index is 1.49. The molecule has 2 heterocycles. The van der Waals surface area contributed by atoms with E-state index in [1.165, 1.54) is 18.0 Å². The fourth-order valence-corrected chi connectivity index (χ4v) is 5.90. The lowest BCUT2D eigenvalue weighted by molar-refractivity contribution is -0.162. The zero-order valence-corrected chi connectivity index (χ0v) is 30.3. The highest BCUT2D eigenvalue weighted by atomic mass is 35.5. The number of halogens is 1. The Morgan fingerprint density at radius 3 is 2.11 bits per heavy atom. The lowest BCUT2D eigenvalue weighted by Gasteiger charge is -2.21. The molecule has 10 N–H and O–H groups in total. The summed E-state index contributed by atoms with van der Waals surface area (Å²) in [4.78, 5) is 33.9. The molecule has 278 valence electrons. The van der Waals surface area contributed by atoms with E-state index in [9.17, 15) is 20.1 Å². The molecule has 2 aromatic heterocycles. The first-order valence-corrected chi connectivity index (χ1v) is 17.9. The number of anilines is 1. The molecule has 0 aliphatic rings. The van der Waals surface area contributed by atoms with Crippen LogP contribution in [0.2, 0.25) is 5.02 Å². The van der Waals surface area contributed by atoms with Crippen molar-refractivity contribution in [1.29, 1.82) is 10.5 Å². The molecule has 0 fully saturated rings. The predicted octanol–water partition coefficient (Wildman–Crippen LogP) is 3.64. The highest BCUT2D eigenvalue weighted by Crippen LogP contribution is 2.37. The molecule has 0 bridgehead atoms. The SMILES string of the molecule is N#Cc1c(N)nc(SCc2coc(-c3ccc(Cl)cc3)n2)c(C#N)c1-c1ccc(OC[C@@H](COC(=O)C(N)CCCN)OC(=O)C(N)CCCN)cc1. The minimum atomic E-state index is -1.02. The van der Waals surface area contributed by atoms with Crippen LogP contribution in [0.1, 0.15) is 42.5 Å². The van der Waals surface area contributed by atoms with Crippen LogP contribution in [0.3, 0.4) is 0 Å². The number of pyridine rings is 1. The second-order valence-corrected chi connectivity index (χ2v) is 13.1. The lowest BCUT2D eigenvalue weighted by atomic mass is 9.97. The van der Waals surface area contributed by atoms with Crippen LogP contribution in [0.15, 0.2) is 64.2 Å². The molecule has 0 saturated heterocycles. The van der Waals surface area contributed by atoms with Crippen molar-refractivity contribution in [3.05, 3.63) is 76.6 Å². The number of rotatable bonds is 19. The third-order valence-electron chi connectivity index (χ3n) is 7.73. The van der Waals surface area contributed by atoms with E-state index < -0.39 is 30.1 Å². The molecule has 2 aromatic carbocycles. The standard InChI is InChI=1S/C36H40ClN9O6S/c37-23-9-5-22(6-10-23)33-45-24(17-50-33)20-53-34-28(16-41)31(27(15-40)32(44)46-34)21-7-11-25(12-8-21)49-18-26(52-36(48)30(43)4-2-14-39)19-51-35(47)29(42)3-1-13-38/h5-12,17,26,29-30H,1-4,13-14,18-20,38-39,42-43H2,(H2,44,46)/t26-,29?,30?/m0/s1. The third kappa shape index (κ3) is 11.4. The molecule has 0 saturated carbocycles. The maximum absolute atomic E-state index is 12.7. The number of carbonyl (C=O) groups excluding carboxylic acids is 2. The summed E-state index contributed by atoms with van der Waals surface area (Å²) >= 11 is 7.20. The van der Waals surface area contributed by atoms with Gasteiger partial charge in [0, 0.05) is 21.9 Å². The summed E-state index contributed by atoms with van der Waals surface area (Å²) < 4.78 is 22.4. The van der Waals surface area contributed by atoms with Crippen LogP contribution in [0.5, 0.6) is 5.75 Å². The van der Waals surface area contributed by atoms with Gasteiger partial charge in [0.2, 0.25) is 5.89 Å². The predicted molar refractivity (Wildman–Crippen MR) is 199 cm³/mol. The summed E-state index contributed by atoms with van der Waals surface area (Å²) in [5.41, 5.74) is 31.4. The Kier molecular flexibility index (Phi) is 15.4. The summed E-state index contributed by atoms with van der Waals surface area (Å²) in [5, 5.41) is 21.1. The Bertz CT molecular complexity index is 1930. The maximum Gasteiger partial charge on any atom is 0.323 e. The molecule has 17 heteroatoms. The van der Waals surface area contributed by atoms with Gasteiger partial charge in [-0.15, -0.1) is 0 Å². The molecule has 4 rings (SSSR count). The van der Waals surface area contributed by atoms with Gasteiger partial charge in [0.05, 0.1) is 11.3 Å². The van der Waals surface area contributed by atoms with Crippen LogP contribution in [-0.4, -0.2) is 66.4 Å². The van der Waals surface area contributed by atoms with Crippen molar-refractivity contribution in [3.8, 4) is 40.5 Å². The molecule has 0 spiro atoms. The minimum absolute atomic E-state index is 0.0375. The Hall–Kier alpha value is -5.20. The number of hydrogen-bond acceptors (Lipinski definition) is 16. The monoisotopic (exact) mass is 761 g/mol. The zero-order chi connectivity index (χ0) is 38.3. The number of thioether (sulfide) groups is 1. The van der Waals surface area contributed by atoms with E-state index in [4.69, 9.17) is 58.9 Å². The summed E-state index contributed by atoms with van der Waals surface area (Å²) in [6.07, 6.45) is 2.21. The van der Waals surface area contributed by atoms with Gasteiger partial charge in [0.25, 0.3) is 0 Å². The van der Waals surface area contributed by atoms with E-state index >= 15 is 0 Å². The number of benzene rings is 2. The number of nitrogens with zero attached hydrogens (tertiary/aromatic N) is 4. The second-order valence-electron chi connectivity index (χ2n) is 11.7. The summed E-state index contributed by atoms with van der Waals surface area (Å²) in [5.74, 6) is -0.353. The van der Waals surface area contributed by atoms with Crippen molar-refractivity contribution in [2.75, 3.05) is 32.0 Å². The molecular weight excluding hydrogens is 722 g/mol. The molecular formula is C36H40ClN9O6S. The normalized spacial score (nSPS) is 12.6. The molecule has 0 amide bonds. The van der Waals surface area contributed by atoms with Gasteiger partial charge >= 0.3 is 11.9 Å². The van der Waals surface area contributed by atoms with Crippen LogP contribution < -0.4 is 33.4 Å². The molecule has 0 radical (unpaired) electrons. The molecule has 0 aliphatic carbocycles. The number of nitrogen functional groups attached to an aromatic ring is 1. The van der Waals surface area contributed by atoms with E-state index in [1.807, 2.05) is 0 Å². The molecule has 15 nitrogen and oxygen atoms in total. The van der Waals surface area contributed by atoms with E-state index in [-0.39, 0.29) is 30.2 Å². The van der Waals surface area contributed by atoms with Crippen molar-refractivity contribution in [3.63, 3.8) is 0 Å². The lowest BCUT2D eigenvalue weighted by Crippen LogP contribution is -2.40. The fourth-order valence-electron chi connectivity index (χ4n) is 4.90. The number of aromatic nitrogens is 2. The van der Waals surface area contributed by atoms with Crippen LogP contribution in [0, 0.1) is 22.7 Å². The van der Waals surface area contributed by atoms with Crippen molar-refractivity contribution < 1.29 is 28.2 Å². The number of esters is 2. The Labute approximate surface area is 315 Å². The van der Waals surface area contributed by atoms with Gasteiger partial charge < -0.3 is 47.3 Å². The molecule has 3 atom stereocenters. The van der Waals surface area contributed by atoms with Crippen molar-refractivity contribution in [2.45, 2.75) is 54.6 Å². The van der Waals surface area contributed by atoms with E-state index in [2.05, 4.69) is 22.1 Å². The molecule has 0 aliphatic heterocycles. The average molecular weight is 762 g/mol. The third-order valence-corrected chi connectivity index (χ3v) is 8.99. The first-order chi connectivity index (χ1) is 25.6. The number of hydrogen-bond donors (Lipinski definition) is 5. The summed E-state index contributed by atoms with van der Waals surface area (Å²) in [7, 11) is 0. The molecule has 2 unspecified atom stereocenters. The van der Waals surface area contributed by atoms with Crippen LogP contribution >= 0.6 is 23.4 Å². The average Bonchev–Trinajstić information content (AvgIpc) is 3.65. The van der Waals surface area contributed by atoms with Gasteiger partial charge in [-0.05, 0) is 80.7 Å². The van der Waals surface area contributed by atoms with Crippen LogP contribution in [0.25, 0.3) is 22.6 Å². The quantitative estimate of drug-likeness (QED) is 0.0673. The van der Waals surface area contributed by atoms with Crippen molar-refractivity contribution in [2.24, 2.45) is 22.9 Å². The van der Waals surface area contributed by atoms with Gasteiger partial charge in [0.1, 0.15) is 65.9 Å². The van der Waals surface area contributed by atoms with Gasteiger partial charge in [-0.25, -0.2) is 9.97 Å². The molecule has 53 heavy (non-hydrogen) atoms. The van der Waals surface area contributed by atoms with Gasteiger partial charge in [-0.2, -0.15) is 10.5 Å². The number of oxazole rings is 1. The van der Waals surface area contributed by atoms with Gasteiger partial charge in [0.15, 0.2) is 6.10 Å². The van der Waals surface area contributed by atoms with E-state index in [0.717, 1.165) is 5.56 Å². The Morgan fingerprint density at radius 2 is 1.49 bits per heavy atom. The first-order valence-electron chi connectivity index (χ1n) is 16.6. The zero-order valence-electron chi connectivity index (χ0n) is 28.7. The van der Waals surface area contributed by atoms with Gasteiger partial charge in [-0.1, -0.05) is 35.5 Å². The topological polar surface area (TPSA) is 278 Å².